The van der Waals surface area contributed by atoms with Gasteiger partial charge in [0.05, 0.1) is 5.56 Å². The highest BCUT2D eigenvalue weighted by Crippen LogP contribution is 2.29. The lowest BCUT2D eigenvalue weighted by molar-refractivity contribution is 0.422. The Morgan fingerprint density at radius 2 is 2.12 bits per heavy atom. The maximum Gasteiger partial charge on any atom is 0.259 e. The van der Waals surface area contributed by atoms with Crippen molar-refractivity contribution >= 4 is 31.9 Å². The average molecular weight is 347 g/mol. The van der Waals surface area contributed by atoms with Gasteiger partial charge < -0.3 is 10.3 Å². The lowest BCUT2D eigenvalue weighted by atomic mass is 10.2. The van der Waals surface area contributed by atoms with Crippen molar-refractivity contribution in [2.75, 3.05) is 6.54 Å². The number of rotatable bonds is 3. The Kier molecular flexibility index (Phi) is 3.73. The molecule has 0 spiro atoms. The quantitative estimate of drug-likeness (QED) is 0.928. The zero-order chi connectivity index (χ0) is 11.5. The lowest BCUT2D eigenvalue weighted by Crippen LogP contribution is -2.03. The summed E-state index contributed by atoms with van der Waals surface area (Å²) in [5.41, 5.74) is 6.29. The van der Waals surface area contributed by atoms with E-state index in [9.17, 15) is 0 Å². The summed E-state index contributed by atoms with van der Waals surface area (Å²) < 4.78 is 7.05. The first-order valence-electron chi connectivity index (χ1n) is 4.69. The van der Waals surface area contributed by atoms with Crippen LogP contribution in [-0.2, 0) is 6.42 Å². The Morgan fingerprint density at radius 3 is 2.88 bits per heavy atom. The van der Waals surface area contributed by atoms with Gasteiger partial charge in [-0.2, -0.15) is 4.98 Å². The summed E-state index contributed by atoms with van der Waals surface area (Å²) in [5.74, 6) is 1.13. The van der Waals surface area contributed by atoms with Gasteiger partial charge in [0.1, 0.15) is 0 Å². The molecule has 0 aliphatic carbocycles. The van der Waals surface area contributed by atoms with Crippen molar-refractivity contribution in [2.24, 2.45) is 5.73 Å². The molecular formula is C10H9Br2N3O. The minimum Gasteiger partial charge on any atom is -0.334 e. The predicted octanol–water partition coefficient (Wildman–Crippen LogP) is 2.76. The molecule has 0 amide bonds. The van der Waals surface area contributed by atoms with Crippen molar-refractivity contribution in [1.29, 1.82) is 0 Å². The standard InChI is InChI=1S/C10H9Br2N3O/c11-6-1-2-8(12)7(5-6)10-14-9(3-4-13)15-16-10/h1-2,5H,3-4,13H2. The first-order valence-corrected chi connectivity index (χ1v) is 6.27. The van der Waals surface area contributed by atoms with E-state index in [2.05, 4.69) is 42.0 Å². The van der Waals surface area contributed by atoms with Gasteiger partial charge in [-0.3, -0.25) is 0 Å². The van der Waals surface area contributed by atoms with E-state index in [0.717, 1.165) is 14.5 Å². The third-order valence-corrected chi connectivity index (χ3v) is 3.18. The minimum atomic E-state index is 0.497. The summed E-state index contributed by atoms with van der Waals surface area (Å²) in [4.78, 5) is 4.26. The average Bonchev–Trinajstić information content (AvgIpc) is 2.71. The molecule has 2 N–H and O–H groups in total. The molecule has 1 aromatic heterocycles. The molecule has 16 heavy (non-hydrogen) atoms. The molecule has 1 aromatic carbocycles. The summed E-state index contributed by atoms with van der Waals surface area (Å²) in [6, 6.07) is 5.78. The highest BCUT2D eigenvalue weighted by atomic mass is 79.9. The monoisotopic (exact) mass is 345 g/mol. The normalized spacial score (nSPS) is 10.7. The second-order valence-electron chi connectivity index (χ2n) is 3.18. The van der Waals surface area contributed by atoms with Crippen LogP contribution in [0.4, 0.5) is 0 Å². The van der Waals surface area contributed by atoms with E-state index in [1.165, 1.54) is 0 Å². The highest BCUT2D eigenvalue weighted by Gasteiger charge is 2.11. The van der Waals surface area contributed by atoms with Gasteiger partial charge in [0, 0.05) is 15.4 Å². The summed E-state index contributed by atoms with van der Waals surface area (Å²) >= 11 is 6.84. The van der Waals surface area contributed by atoms with Crippen molar-refractivity contribution in [3.05, 3.63) is 33.0 Å². The van der Waals surface area contributed by atoms with Gasteiger partial charge in [-0.25, -0.2) is 0 Å². The predicted molar refractivity (Wildman–Crippen MR) is 67.9 cm³/mol. The molecule has 0 saturated carbocycles. The van der Waals surface area contributed by atoms with Crippen molar-refractivity contribution in [3.8, 4) is 11.5 Å². The SMILES string of the molecule is NCCc1noc(-c2cc(Br)ccc2Br)n1. The number of hydrogen-bond acceptors (Lipinski definition) is 4. The third-order valence-electron chi connectivity index (χ3n) is 1.99. The van der Waals surface area contributed by atoms with Crippen molar-refractivity contribution in [3.63, 3.8) is 0 Å². The van der Waals surface area contributed by atoms with Crippen LogP contribution in [0, 0.1) is 0 Å². The van der Waals surface area contributed by atoms with Gasteiger partial charge in [-0.15, -0.1) is 0 Å². The first kappa shape index (κ1) is 11.8. The molecule has 0 aliphatic rings. The molecule has 2 rings (SSSR count). The van der Waals surface area contributed by atoms with Crippen LogP contribution < -0.4 is 5.73 Å². The van der Waals surface area contributed by atoms with E-state index in [-0.39, 0.29) is 0 Å². The molecule has 1 heterocycles. The molecule has 4 nitrogen and oxygen atoms in total. The molecule has 0 aliphatic heterocycles. The fourth-order valence-corrected chi connectivity index (χ4v) is 2.03. The van der Waals surface area contributed by atoms with Crippen LogP contribution in [0.1, 0.15) is 5.82 Å². The third kappa shape index (κ3) is 2.50. The Labute approximate surface area is 109 Å². The Morgan fingerprint density at radius 1 is 1.31 bits per heavy atom. The smallest absolute Gasteiger partial charge is 0.259 e. The zero-order valence-electron chi connectivity index (χ0n) is 8.28. The van der Waals surface area contributed by atoms with Crippen LogP contribution in [0.5, 0.6) is 0 Å². The second kappa shape index (κ2) is 5.07. The molecule has 6 heteroatoms. The van der Waals surface area contributed by atoms with Crippen LogP contribution in [0.2, 0.25) is 0 Å². The molecule has 0 unspecified atom stereocenters. The van der Waals surface area contributed by atoms with Gasteiger partial charge in [-0.1, -0.05) is 21.1 Å². The van der Waals surface area contributed by atoms with E-state index in [1.807, 2.05) is 18.2 Å². The molecule has 0 radical (unpaired) electrons. The Balaban J connectivity index is 2.38. The minimum absolute atomic E-state index is 0.497. The number of halogens is 2. The van der Waals surface area contributed by atoms with Crippen LogP contribution in [0.15, 0.2) is 31.7 Å². The molecule has 2 aromatic rings. The van der Waals surface area contributed by atoms with Crippen LogP contribution in [-0.4, -0.2) is 16.7 Å². The van der Waals surface area contributed by atoms with Gasteiger partial charge in [0.15, 0.2) is 5.82 Å². The number of nitrogens with zero attached hydrogens (tertiary/aromatic N) is 2. The molecule has 0 bridgehead atoms. The van der Waals surface area contributed by atoms with Crippen LogP contribution in [0.25, 0.3) is 11.5 Å². The van der Waals surface area contributed by atoms with Crippen LogP contribution >= 0.6 is 31.9 Å². The molecular weight excluding hydrogens is 338 g/mol. The second-order valence-corrected chi connectivity index (χ2v) is 4.95. The maximum atomic E-state index is 5.42. The van der Waals surface area contributed by atoms with Crippen LogP contribution in [0.3, 0.4) is 0 Å². The van der Waals surface area contributed by atoms with E-state index >= 15 is 0 Å². The van der Waals surface area contributed by atoms with E-state index in [1.54, 1.807) is 0 Å². The fraction of sp³-hybridized carbons (Fsp3) is 0.200. The first-order chi connectivity index (χ1) is 7.70. The number of nitrogens with two attached hydrogens (primary N) is 1. The Bertz CT molecular complexity index is 499. The Hall–Kier alpha value is -0.720. The van der Waals surface area contributed by atoms with Crippen molar-refractivity contribution in [2.45, 2.75) is 6.42 Å². The number of aromatic nitrogens is 2. The van der Waals surface area contributed by atoms with Gasteiger partial charge in [-0.05, 0) is 40.7 Å². The fourth-order valence-electron chi connectivity index (χ4n) is 1.26. The van der Waals surface area contributed by atoms with Gasteiger partial charge in [0.25, 0.3) is 5.89 Å². The summed E-state index contributed by atoms with van der Waals surface area (Å²) in [6.07, 6.45) is 0.620. The maximum absolute atomic E-state index is 5.42. The topological polar surface area (TPSA) is 64.9 Å². The number of benzene rings is 1. The molecule has 0 saturated heterocycles. The highest BCUT2D eigenvalue weighted by molar-refractivity contribution is 9.11. The largest absolute Gasteiger partial charge is 0.334 e. The van der Waals surface area contributed by atoms with Crippen molar-refractivity contribution in [1.82, 2.24) is 10.1 Å². The van der Waals surface area contributed by atoms with Gasteiger partial charge >= 0.3 is 0 Å². The summed E-state index contributed by atoms with van der Waals surface area (Å²) in [5, 5.41) is 3.85. The number of hydrogen-bond donors (Lipinski definition) is 1. The molecule has 0 atom stereocenters. The molecule has 0 fully saturated rings. The van der Waals surface area contributed by atoms with E-state index in [4.69, 9.17) is 10.3 Å². The summed E-state index contributed by atoms with van der Waals surface area (Å²) in [6.45, 7) is 0.513. The van der Waals surface area contributed by atoms with E-state index in [0.29, 0.717) is 24.7 Å². The lowest BCUT2D eigenvalue weighted by Gasteiger charge is -1.98. The zero-order valence-corrected chi connectivity index (χ0v) is 11.5. The summed E-state index contributed by atoms with van der Waals surface area (Å²) in [7, 11) is 0. The molecule has 84 valence electrons. The van der Waals surface area contributed by atoms with E-state index < -0.39 is 0 Å². The van der Waals surface area contributed by atoms with Crippen molar-refractivity contribution < 1.29 is 4.52 Å². The van der Waals surface area contributed by atoms with Gasteiger partial charge in [0.2, 0.25) is 0 Å².